The Morgan fingerprint density at radius 2 is 1.59 bits per heavy atom. The van der Waals surface area contributed by atoms with Crippen molar-refractivity contribution in [3.8, 4) is 22.6 Å². The minimum absolute atomic E-state index is 0.112. The van der Waals surface area contributed by atoms with Gasteiger partial charge in [-0.05, 0) is 59.3 Å². The summed E-state index contributed by atoms with van der Waals surface area (Å²) in [5, 5.41) is 5.46. The van der Waals surface area contributed by atoms with Gasteiger partial charge in [-0.3, -0.25) is 9.59 Å². The smallest absolute Gasteiger partial charge is 0.251 e. The number of nitrogens with one attached hydrogen (secondary N) is 2. The second kappa shape index (κ2) is 11.2. The summed E-state index contributed by atoms with van der Waals surface area (Å²) in [4.78, 5) is 25.9. The molecule has 166 valence electrons. The average molecular weight is 451 g/mol. The highest BCUT2D eigenvalue weighted by Crippen LogP contribution is 2.27. The molecule has 3 rings (SSSR count). The Morgan fingerprint density at radius 3 is 2.28 bits per heavy atom. The van der Waals surface area contributed by atoms with Crippen LogP contribution in [0.15, 0.2) is 71.6 Å². The van der Waals surface area contributed by atoms with Gasteiger partial charge in [-0.15, -0.1) is 11.8 Å². The normalized spacial score (nSPS) is 10.3. The van der Waals surface area contributed by atoms with E-state index in [9.17, 15) is 9.59 Å². The molecule has 7 heteroatoms. The number of amides is 2. The predicted molar refractivity (Wildman–Crippen MR) is 127 cm³/mol. The van der Waals surface area contributed by atoms with E-state index in [2.05, 4.69) is 22.8 Å². The van der Waals surface area contributed by atoms with Crippen molar-refractivity contribution in [2.75, 3.05) is 27.0 Å². The van der Waals surface area contributed by atoms with Gasteiger partial charge in [0.2, 0.25) is 5.91 Å². The fraction of sp³-hybridized carbons (Fsp3) is 0.200. The Kier molecular flexibility index (Phi) is 8.16. The van der Waals surface area contributed by atoms with Gasteiger partial charge < -0.3 is 20.1 Å². The van der Waals surface area contributed by atoms with Crippen LogP contribution in [-0.4, -0.2) is 38.8 Å². The van der Waals surface area contributed by atoms with E-state index in [1.807, 2.05) is 42.7 Å². The van der Waals surface area contributed by atoms with Crippen LogP contribution < -0.4 is 20.1 Å². The number of ether oxygens (including phenoxy) is 2. The van der Waals surface area contributed by atoms with Crippen LogP contribution in [0.2, 0.25) is 0 Å². The molecule has 0 radical (unpaired) electrons. The molecule has 0 spiro atoms. The zero-order chi connectivity index (χ0) is 22.9. The van der Waals surface area contributed by atoms with Gasteiger partial charge in [-0.1, -0.05) is 30.3 Å². The zero-order valence-corrected chi connectivity index (χ0v) is 19.1. The van der Waals surface area contributed by atoms with E-state index in [0.717, 1.165) is 16.7 Å². The Labute approximate surface area is 192 Å². The monoisotopic (exact) mass is 450 g/mol. The molecule has 0 bridgehead atoms. The average Bonchev–Trinajstić information content (AvgIpc) is 2.85. The van der Waals surface area contributed by atoms with Gasteiger partial charge in [-0.2, -0.15) is 0 Å². The molecule has 3 aromatic rings. The summed E-state index contributed by atoms with van der Waals surface area (Å²) in [7, 11) is 3.13. The first-order valence-electron chi connectivity index (χ1n) is 10.0. The van der Waals surface area contributed by atoms with Crippen LogP contribution in [0.4, 0.5) is 0 Å². The number of carbonyl (C=O) groups is 2. The van der Waals surface area contributed by atoms with Crippen LogP contribution in [-0.2, 0) is 11.3 Å². The number of hydrogen-bond donors (Lipinski definition) is 2. The molecule has 3 aromatic carbocycles. The lowest BCUT2D eigenvalue weighted by atomic mass is 10.0. The molecule has 0 unspecified atom stereocenters. The van der Waals surface area contributed by atoms with Gasteiger partial charge in [-0.25, -0.2) is 0 Å². The molecular weight excluding hydrogens is 424 g/mol. The van der Waals surface area contributed by atoms with E-state index in [1.54, 1.807) is 44.2 Å². The van der Waals surface area contributed by atoms with E-state index in [-0.39, 0.29) is 18.4 Å². The molecule has 0 saturated carbocycles. The van der Waals surface area contributed by atoms with Gasteiger partial charge in [0.1, 0.15) is 0 Å². The molecule has 0 aliphatic carbocycles. The van der Waals surface area contributed by atoms with Crippen LogP contribution in [0.25, 0.3) is 11.1 Å². The summed E-state index contributed by atoms with van der Waals surface area (Å²) < 4.78 is 10.5. The van der Waals surface area contributed by atoms with Crippen molar-refractivity contribution in [2.45, 2.75) is 11.4 Å². The molecule has 0 atom stereocenters. The third-order valence-corrected chi connectivity index (χ3v) is 5.64. The van der Waals surface area contributed by atoms with Gasteiger partial charge in [0.15, 0.2) is 11.5 Å². The maximum atomic E-state index is 12.5. The maximum Gasteiger partial charge on any atom is 0.251 e. The molecule has 0 saturated heterocycles. The van der Waals surface area contributed by atoms with Crippen molar-refractivity contribution in [2.24, 2.45) is 0 Å². The highest BCUT2D eigenvalue weighted by molar-refractivity contribution is 7.98. The van der Waals surface area contributed by atoms with Gasteiger partial charge in [0.05, 0.1) is 20.8 Å². The van der Waals surface area contributed by atoms with Crippen molar-refractivity contribution in [3.63, 3.8) is 0 Å². The van der Waals surface area contributed by atoms with Gasteiger partial charge in [0, 0.05) is 17.0 Å². The quantitative estimate of drug-likeness (QED) is 0.479. The number of thioether (sulfide) groups is 1. The molecule has 0 aromatic heterocycles. The minimum Gasteiger partial charge on any atom is -0.493 e. The van der Waals surface area contributed by atoms with Gasteiger partial charge in [0.25, 0.3) is 5.91 Å². The third kappa shape index (κ3) is 6.04. The van der Waals surface area contributed by atoms with Crippen molar-refractivity contribution >= 4 is 23.6 Å². The molecule has 32 heavy (non-hydrogen) atoms. The molecule has 0 aliphatic rings. The first-order valence-corrected chi connectivity index (χ1v) is 11.3. The molecule has 0 aliphatic heterocycles. The Hall–Kier alpha value is -3.45. The summed E-state index contributed by atoms with van der Waals surface area (Å²) in [5.74, 6) is 0.638. The number of carbonyl (C=O) groups excluding carboxylic acids is 2. The Balaban J connectivity index is 1.54. The van der Waals surface area contributed by atoms with E-state index in [4.69, 9.17) is 9.47 Å². The zero-order valence-electron chi connectivity index (χ0n) is 18.3. The topological polar surface area (TPSA) is 76.7 Å². The van der Waals surface area contributed by atoms with Crippen molar-refractivity contribution in [1.29, 1.82) is 0 Å². The van der Waals surface area contributed by atoms with Crippen LogP contribution in [0, 0.1) is 0 Å². The molecule has 0 heterocycles. The molecular formula is C25H26N2O4S. The van der Waals surface area contributed by atoms with Crippen LogP contribution in [0.1, 0.15) is 15.9 Å². The molecule has 6 nitrogen and oxygen atoms in total. The molecule has 0 fully saturated rings. The fourth-order valence-electron chi connectivity index (χ4n) is 3.14. The lowest BCUT2D eigenvalue weighted by Crippen LogP contribution is -2.36. The van der Waals surface area contributed by atoms with Crippen LogP contribution in [0.3, 0.4) is 0 Å². The number of rotatable bonds is 9. The number of benzene rings is 3. The summed E-state index contributed by atoms with van der Waals surface area (Å²) in [5.41, 5.74) is 3.35. The largest absolute Gasteiger partial charge is 0.493 e. The fourth-order valence-corrected chi connectivity index (χ4v) is 3.55. The number of hydrogen-bond acceptors (Lipinski definition) is 5. The van der Waals surface area contributed by atoms with Crippen LogP contribution >= 0.6 is 11.8 Å². The third-order valence-electron chi connectivity index (χ3n) is 4.90. The van der Waals surface area contributed by atoms with E-state index < -0.39 is 0 Å². The predicted octanol–water partition coefficient (Wildman–Crippen LogP) is 4.14. The summed E-state index contributed by atoms with van der Waals surface area (Å²) in [6, 6.07) is 20.9. The van der Waals surface area contributed by atoms with E-state index >= 15 is 0 Å². The lowest BCUT2D eigenvalue weighted by molar-refractivity contribution is -0.120. The van der Waals surface area contributed by atoms with Crippen molar-refractivity contribution in [3.05, 3.63) is 77.9 Å². The first-order chi connectivity index (χ1) is 15.5. The maximum absolute atomic E-state index is 12.5. The first kappa shape index (κ1) is 23.2. The Morgan fingerprint density at radius 1 is 0.844 bits per heavy atom. The minimum atomic E-state index is -0.297. The van der Waals surface area contributed by atoms with Crippen molar-refractivity contribution < 1.29 is 19.1 Å². The number of methoxy groups -OCH3 is 2. The highest BCUT2D eigenvalue weighted by Gasteiger charge is 2.10. The summed E-state index contributed by atoms with van der Waals surface area (Å²) in [6.07, 6.45) is 2.03. The molecule has 2 amide bonds. The van der Waals surface area contributed by atoms with E-state index in [0.29, 0.717) is 23.6 Å². The highest BCUT2D eigenvalue weighted by atomic mass is 32.2. The Bertz CT molecular complexity index is 1080. The second-order valence-electron chi connectivity index (χ2n) is 6.96. The standard InChI is InChI=1S/C25H26N2O4S/c1-30-22-12-7-17(13-23(22)31-2)15-26-24(28)16-27-25(29)20-6-4-5-19(14-20)18-8-10-21(32-3)11-9-18/h4-14H,15-16H2,1-3H3,(H,26,28)(H,27,29). The second-order valence-corrected chi connectivity index (χ2v) is 7.84. The molecule has 2 N–H and O–H groups in total. The van der Waals surface area contributed by atoms with Crippen molar-refractivity contribution in [1.82, 2.24) is 10.6 Å². The van der Waals surface area contributed by atoms with Gasteiger partial charge >= 0.3 is 0 Å². The van der Waals surface area contributed by atoms with E-state index in [1.165, 1.54) is 4.90 Å². The summed E-state index contributed by atoms with van der Waals surface area (Å²) in [6.45, 7) is 0.204. The van der Waals surface area contributed by atoms with Crippen LogP contribution in [0.5, 0.6) is 11.5 Å². The lowest BCUT2D eigenvalue weighted by Gasteiger charge is -2.11. The SMILES string of the molecule is COc1ccc(CNC(=O)CNC(=O)c2cccc(-c3ccc(SC)cc3)c2)cc1OC. The summed E-state index contributed by atoms with van der Waals surface area (Å²) >= 11 is 1.68.